The quantitative estimate of drug-likeness (QED) is 0.811. The molecule has 0 aliphatic carbocycles. The summed E-state index contributed by atoms with van der Waals surface area (Å²) in [7, 11) is 0. The lowest BCUT2D eigenvalue weighted by Crippen LogP contribution is -1.98. The molecule has 2 aromatic carbocycles. The number of aryl methyl sites for hydroxylation is 1. The first-order chi connectivity index (χ1) is 8.15. The highest BCUT2D eigenvalue weighted by molar-refractivity contribution is 9.10. The molecule has 2 rings (SSSR count). The van der Waals surface area contributed by atoms with E-state index in [2.05, 4.69) is 15.9 Å². The molecule has 0 saturated heterocycles. The van der Waals surface area contributed by atoms with Gasteiger partial charge in [-0.05, 0) is 37.3 Å². The molecule has 17 heavy (non-hydrogen) atoms. The third-order valence-corrected chi connectivity index (χ3v) is 2.92. The fourth-order valence-electron chi connectivity index (χ4n) is 1.45. The summed E-state index contributed by atoms with van der Waals surface area (Å²) in [6.45, 7) is 2.24. The van der Waals surface area contributed by atoms with Crippen molar-refractivity contribution in [3.8, 4) is 5.75 Å². The molecule has 0 aliphatic rings. The van der Waals surface area contributed by atoms with Gasteiger partial charge in [0.1, 0.15) is 18.2 Å². The molecule has 0 fully saturated rings. The van der Waals surface area contributed by atoms with Crippen molar-refractivity contribution < 1.29 is 9.13 Å². The molecule has 0 unspecified atom stereocenters. The third-order valence-electron chi connectivity index (χ3n) is 2.42. The Morgan fingerprint density at radius 1 is 1.12 bits per heavy atom. The van der Waals surface area contributed by atoms with Gasteiger partial charge >= 0.3 is 0 Å². The van der Waals surface area contributed by atoms with Crippen molar-refractivity contribution in [2.24, 2.45) is 0 Å². The molecule has 0 radical (unpaired) electrons. The van der Waals surface area contributed by atoms with Crippen molar-refractivity contribution in [3.05, 3.63) is 63.9 Å². The molecule has 1 nitrogen and oxygen atoms in total. The number of ether oxygens (including phenoxy) is 1. The summed E-state index contributed by atoms with van der Waals surface area (Å²) in [6.07, 6.45) is 0. The van der Waals surface area contributed by atoms with E-state index in [1.54, 1.807) is 12.1 Å². The minimum atomic E-state index is -0.250. The van der Waals surface area contributed by atoms with Crippen LogP contribution in [0, 0.1) is 12.7 Å². The third kappa shape index (κ3) is 3.30. The molecule has 0 saturated carbocycles. The van der Waals surface area contributed by atoms with E-state index in [0.29, 0.717) is 5.56 Å². The molecule has 0 amide bonds. The van der Waals surface area contributed by atoms with Gasteiger partial charge in [-0.25, -0.2) is 4.39 Å². The van der Waals surface area contributed by atoms with Gasteiger partial charge in [-0.1, -0.05) is 33.6 Å². The maximum absolute atomic E-state index is 13.4. The summed E-state index contributed by atoms with van der Waals surface area (Å²) in [6, 6.07) is 12.5. The number of halogens is 2. The van der Waals surface area contributed by atoms with Gasteiger partial charge in [-0.15, -0.1) is 0 Å². The average molecular weight is 295 g/mol. The second-order valence-corrected chi connectivity index (χ2v) is 4.75. The molecule has 0 bridgehead atoms. The van der Waals surface area contributed by atoms with E-state index in [1.807, 2.05) is 31.2 Å². The predicted molar refractivity (Wildman–Crippen MR) is 69.6 cm³/mol. The molecule has 2 aromatic rings. The van der Waals surface area contributed by atoms with Gasteiger partial charge in [0.15, 0.2) is 0 Å². The highest BCUT2D eigenvalue weighted by Gasteiger charge is 2.03. The van der Waals surface area contributed by atoms with E-state index < -0.39 is 0 Å². The van der Waals surface area contributed by atoms with Crippen molar-refractivity contribution in [3.63, 3.8) is 0 Å². The average Bonchev–Trinajstić information content (AvgIpc) is 2.32. The second-order valence-electron chi connectivity index (χ2n) is 3.84. The number of hydrogen-bond acceptors (Lipinski definition) is 1. The predicted octanol–water partition coefficient (Wildman–Crippen LogP) is 4.48. The van der Waals surface area contributed by atoms with Crippen LogP contribution in [-0.4, -0.2) is 0 Å². The Labute approximate surface area is 108 Å². The van der Waals surface area contributed by atoms with Crippen molar-refractivity contribution in [1.82, 2.24) is 0 Å². The lowest BCUT2D eigenvalue weighted by Gasteiger charge is -2.07. The Balaban J connectivity index is 2.07. The molecule has 0 spiro atoms. The van der Waals surface area contributed by atoms with Crippen molar-refractivity contribution in [2.75, 3.05) is 0 Å². The van der Waals surface area contributed by atoms with Crippen LogP contribution < -0.4 is 4.74 Å². The summed E-state index contributed by atoms with van der Waals surface area (Å²) in [5.74, 6) is 0.496. The first-order valence-corrected chi connectivity index (χ1v) is 6.08. The first kappa shape index (κ1) is 12.1. The van der Waals surface area contributed by atoms with Gasteiger partial charge in [0.25, 0.3) is 0 Å². The van der Waals surface area contributed by atoms with Crippen LogP contribution in [0.4, 0.5) is 4.39 Å². The van der Waals surface area contributed by atoms with E-state index in [4.69, 9.17) is 4.74 Å². The Bertz CT molecular complexity index is 508. The lowest BCUT2D eigenvalue weighted by molar-refractivity contribution is 0.299. The molecule has 88 valence electrons. The van der Waals surface area contributed by atoms with Crippen LogP contribution in [0.1, 0.15) is 11.1 Å². The van der Waals surface area contributed by atoms with E-state index in [0.717, 1.165) is 10.2 Å². The van der Waals surface area contributed by atoms with Gasteiger partial charge in [-0.3, -0.25) is 0 Å². The van der Waals surface area contributed by atoms with E-state index in [1.165, 1.54) is 11.6 Å². The fourth-order valence-corrected chi connectivity index (χ4v) is 1.86. The first-order valence-electron chi connectivity index (χ1n) is 5.28. The lowest BCUT2D eigenvalue weighted by atomic mass is 10.2. The minimum Gasteiger partial charge on any atom is -0.489 e. The van der Waals surface area contributed by atoms with E-state index in [9.17, 15) is 4.39 Å². The van der Waals surface area contributed by atoms with Crippen LogP contribution in [0.15, 0.2) is 46.9 Å². The molecule has 0 aliphatic heterocycles. The van der Waals surface area contributed by atoms with Crippen molar-refractivity contribution in [1.29, 1.82) is 0 Å². The second kappa shape index (κ2) is 5.32. The Morgan fingerprint density at radius 2 is 1.82 bits per heavy atom. The highest BCUT2D eigenvalue weighted by Crippen LogP contribution is 2.18. The zero-order valence-electron chi connectivity index (χ0n) is 9.41. The van der Waals surface area contributed by atoms with Crippen molar-refractivity contribution in [2.45, 2.75) is 13.5 Å². The van der Waals surface area contributed by atoms with Gasteiger partial charge in [0.05, 0.1) is 0 Å². The standard InChI is InChI=1S/C14H12BrFO/c1-10-2-5-13(6-3-10)17-9-11-8-12(15)4-7-14(11)16/h2-8H,9H2,1H3. The molecule has 0 aromatic heterocycles. The van der Waals surface area contributed by atoms with Gasteiger partial charge in [0.2, 0.25) is 0 Å². The fraction of sp³-hybridized carbons (Fsp3) is 0.143. The normalized spacial score (nSPS) is 10.3. The van der Waals surface area contributed by atoms with Crippen LogP contribution in [0.5, 0.6) is 5.75 Å². The maximum Gasteiger partial charge on any atom is 0.129 e. The Kier molecular flexibility index (Phi) is 3.79. The van der Waals surface area contributed by atoms with Crippen LogP contribution in [-0.2, 0) is 6.61 Å². The number of hydrogen-bond donors (Lipinski definition) is 0. The van der Waals surface area contributed by atoms with Crippen LogP contribution in [0.2, 0.25) is 0 Å². The molecule has 0 heterocycles. The van der Waals surface area contributed by atoms with Crippen LogP contribution >= 0.6 is 15.9 Å². The van der Waals surface area contributed by atoms with E-state index in [-0.39, 0.29) is 12.4 Å². The van der Waals surface area contributed by atoms with Gasteiger partial charge in [0, 0.05) is 10.0 Å². The highest BCUT2D eigenvalue weighted by atomic mass is 79.9. The zero-order chi connectivity index (χ0) is 12.3. The molecular formula is C14H12BrFO. The SMILES string of the molecule is Cc1ccc(OCc2cc(Br)ccc2F)cc1. The van der Waals surface area contributed by atoms with Crippen LogP contribution in [0.3, 0.4) is 0 Å². The van der Waals surface area contributed by atoms with Gasteiger partial charge in [-0.2, -0.15) is 0 Å². The molecular weight excluding hydrogens is 283 g/mol. The Hall–Kier alpha value is -1.35. The smallest absolute Gasteiger partial charge is 0.129 e. The Morgan fingerprint density at radius 3 is 2.53 bits per heavy atom. The van der Waals surface area contributed by atoms with Crippen LogP contribution in [0.25, 0.3) is 0 Å². The summed E-state index contributed by atoms with van der Waals surface area (Å²) in [5, 5.41) is 0. The topological polar surface area (TPSA) is 9.23 Å². The largest absolute Gasteiger partial charge is 0.489 e. The number of rotatable bonds is 3. The zero-order valence-corrected chi connectivity index (χ0v) is 11.0. The summed E-state index contributed by atoms with van der Waals surface area (Å²) in [4.78, 5) is 0. The summed E-state index contributed by atoms with van der Waals surface area (Å²) >= 11 is 3.31. The molecule has 0 atom stereocenters. The van der Waals surface area contributed by atoms with Gasteiger partial charge < -0.3 is 4.74 Å². The minimum absolute atomic E-state index is 0.230. The monoisotopic (exact) mass is 294 g/mol. The maximum atomic E-state index is 13.4. The summed E-state index contributed by atoms with van der Waals surface area (Å²) < 4.78 is 19.8. The number of benzene rings is 2. The van der Waals surface area contributed by atoms with Crippen molar-refractivity contribution >= 4 is 15.9 Å². The summed E-state index contributed by atoms with van der Waals surface area (Å²) in [5.41, 5.74) is 1.71. The molecule has 0 N–H and O–H groups in total. The van der Waals surface area contributed by atoms with E-state index >= 15 is 0 Å². The molecule has 3 heteroatoms.